The fourth-order valence-electron chi connectivity index (χ4n) is 2.45. The molecule has 0 aliphatic carbocycles. The molecule has 2 aliphatic rings. The smallest absolute Gasteiger partial charge is 0.258 e. The molecule has 0 spiro atoms. The number of aromatic nitrogens is 1. The van der Waals surface area contributed by atoms with E-state index >= 15 is 0 Å². The van der Waals surface area contributed by atoms with Gasteiger partial charge in [-0.1, -0.05) is 0 Å². The standard InChI is InChI=1S/C12H11N3O4/c16-8-4-3-7(10(17)14-8)15-11(18)6-2-1-5-13-9(6)12(15)19/h1-2,5,7,12,19H,3-4H2,(H,14,16,17). The summed E-state index contributed by atoms with van der Waals surface area (Å²) in [5.41, 5.74) is 0.539. The van der Waals surface area contributed by atoms with Crippen LogP contribution in [0.1, 0.15) is 35.1 Å². The first-order valence-electron chi connectivity index (χ1n) is 5.89. The summed E-state index contributed by atoms with van der Waals surface area (Å²) in [5, 5.41) is 12.3. The fourth-order valence-corrected chi connectivity index (χ4v) is 2.45. The van der Waals surface area contributed by atoms with Crippen molar-refractivity contribution in [2.24, 2.45) is 0 Å². The molecular formula is C12H11N3O4. The average molecular weight is 261 g/mol. The van der Waals surface area contributed by atoms with Crippen molar-refractivity contribution in [1.29, 1.82) is 0 Å². The molecule has 0 bridgehead atoms. The van der Waals surface area contributed by atoms with Gasteiger partial charge in [-0.05, 0) is 18.6 Å². The van der Waals surface area contributed by atoms with Crippen LogP contribution < -0.4 is 5.32 Å². The third kappa shape index (κ3) is 1.70. The first-order valence-corrected chi connectivity index (χ1v) is 5.89. The monoisotopic (exact) mass is 261 g/mol. The van der Waals surface area contributed by atoms with Crippen LogP contribution >= 0.6 is 0 Å². The molecule has 7 nitrogen and oxygen atoms in total. The summed E-state index contributed by atoms with van der Waals surface area (Å²) < 4.78 is 0. The zero-order chi connectivity index (χ0) is 13.6. The topological polar surface area (TPSA) is 99.6 Å². The van der Waals surface area contributed by atoms with E-state index in [-0.39, 0.29) is 24.4 Å². The summed E-state index contributed by atoms with van der Waals surface area (Å²) in [7, 11) is 0. The van der Waals surface area contributed by atoms with E-state index in [1.54, 1.807) is 12.1 Å². The van der Waals surface area contributed by atoms with E-state index in [0.29, 0.717) is 5.56 Å². The number of carbonyl (C=O) groups excluding carboxylic acids is 3. The lowest BCUT2D eigenvalue weighted by molar-refractivity contribution is -0.139. The molecule has 98 valence electrons. The van der Waals surface area contributed by atoms with Crippen molar-refractivity contribution in [3.63, 3.8) is 0 Å². The van der Waals surface area contributed by atoms with E-state index < -0.39 is 24.1 Å². The van der Waals surface area contributed by atoms with Crippen LogP contribution in [0.15, 0.2) is 18.3 Å². The van der Waals surface area contributed by atoms with Crippen LogP contribution in [0.5, 0.6) is 0 Å². The highest BCUT2D eigenvalue weighted by Gasteiger charge is 2.44. The molecule has 1 aromatic rings. The highest BCUT2D eigenvalue weighted by Crippen LogP contribution is 2.33. The number of aliphatic hydroxyl groups is 1. The highest BCUT2D eigenvalue weighted by atomic mass is 16.3. The van der Waals surface area contributed by atoms with E-state index in [4.69, 9.17) is 0 Å². The molecule has 2 unspecified atom stereocenters. The third-order valence-corrected chi connectivity index (χ3v) is 3.36. The quantitative estimate of drug-likeness (QED) is 0.653. The van der Waals surface area contributed by atoms with Crippen LogP contribution in [0.3, 0.4) is 0 Å². The van der Waals surface area contributed by atoms with E-state index in [1.165, 1.54) is 6.20 Å². The second kappa shape index (κ2) is 4.13. The Labute approximate surface area is 108 Å². The van der Waals surface area contributed by atoms with Crippen LogP contribution in [-0.4, -0.2) is 38.8 Å². The summed E-state index contributed by atoms with van der Waals surface area (Å²) in [6.07, 6.45) is 0.592. The molecule has 0 radical (unpaired) electrons. The number of hydrogen-bond acceptors (Lipinski definition) is 5. The number of piperidine rings is 1. The average Bonchev–Trinajstić information content (AvgIpc) is 2.64. The molecule has 0 aromatic carbocycles. The first kappa shape index (κ1) is 11.8. The Morgan fingerprint density at radius 1 is 1.37 bits per heavy atom. The molecular weight excluding hydrogens is 250 g/mol. The molecule has 3 heterocycles. The van der Waals surface area contributed by atoms with E-state index in [2.05, 4.69) is 10.3 Å². The van der Waals surface area contributed by atoms with Crippen molar-refractivity contribution in [2.45, 2.75) is 25.1 Å². The summed E-state index contributed by atoms with van der Waals surface area (Å²) in [4.78, 5) is 40.1. The van der Waals surface area contributed by atoms with Crippen LogP contribution in [0.4, 0.5) is 0 Å². The maximum atomic E-state index is 12.2. The summed E-state index contributed by atoms with van der Waals surface area (Å²) in [6.45, 7) is 0. The molecule has 7 heteroatoms. The number of pyridine rings is 1. The summed E-state index contributed by atoms with van der Waals surface area (Å²) >= 11 is 0. The molecule has 1 fully saturated rings. The second-order valence-corrected chi connectivity index (χ2v) is 4.49. The lowest BCUT2D eigenvalue weighted by atomic mass is 10.0. The van der Waals surface area contributed by atoms with Crippen LogP contribution in [0.2, 0.25) is 0 Å². The number of rotatable bonds is 1. The van der Waals surface area contributed by atoms with Gasteiger partial charge in [0.1, 0.15) is 11.7 Å². The largest absolute Gasteiger partial charge is 0.368 e. The van der Waals surface area contributed by atoms with Gasteiger partial charge in [0.25, 0.3) is 5.91 Å². The Morgan fingerprint density at radius 2 is 2.16 bits per heavy atom. The Kier molecular flexibility index (Phi) is 2.56. The van der Waals surface area contributed by atoms with Crippen molar-refractivity contribution in [3.8, 4) is 0 Å². The zero-order valence-electron chi connectivity index (χ0n) is 9.87. The number of fused-ring (bicyclic) bond motifs is 1. The van der Waals surface area contributed by atoms with Crippen LogP contribution in [-0.2, 0) is 9.59 Å². The van der Waals surface area contributed by atoms with Crippen molar-refractivity contribution < 1.29 is 19.5 Å². The maximum absolute atomic E-state index is 12.2. The van der Waals surface area contributed by atoms with Gasteiger partial charge in [0.15, 0.2) is 6.23 Å². The molecule has 3 rings (SSSR count). The third-order valence-electron chi connectivity index (χ3n) is 3.36. The SMILES string of the molecule is O=C1CCC(N2C(=O)c3cccnc3C2O)C(=O)N1. The fraction of sp³-hybridized carbons (Fsp3) is 0.333. The minimum atomic E-state index is -1.24. The molecule has 2 N–H and O–H groups in total. The van der Waals surface area contributed by atoms with Crippen molar-refractivity contribution >= 4 is 17.7 Å². The predicted octanol–water partition coefficient (Wildman–Crippen LogP) is -0.667. The van der Waals surface area contributed by atoms with Crippen molar-refractivity contribution in [2.75, 3.05) is 0 Å². The zero-order valence-corrected chi connectivity index (χ0v) is 9.87. The van der Waals surface area contributed by atoms with Crippen molar-refractivity contribution in [1.82, 2.24) is 15.2 Å². The number of hydrogen-bond donors (Lipinski definition) is 2. The highest BCUT2D eigenvalue weighted by molar-refractivity contribution is 6.05. The number of nitrogens with zero attached hydrogens (tertiary/aromatic N) is 2. The first-order chi connectivity index (χ1) is 9.09. The van der Waals surface area contributed by atoms with E-state index in [9.17, 15) is 19.5 Å². The van der Waals surface area contributed by atoms with E-state index in [1.807, 2.05) is 0 Å². The van der Waals surface area contributed by atoms with Gasteiger partial charge in [-0.15, -0.1) is 0 Å². The minimum absolute atomic E-state index is 0.149. The molecule has 2 aliphatic heterocycles. The van der Waals surface area contributed by atoms with Crippen LogP contribution in [0, 0.1) is 0 Å². The molecule has 2 atom stereocenters. The summed E-state index contributed by atoms with van der Waals surface area (Å²) in [6, 6.07) is 2.31. The van der Waals surface area contributed by atoms with Gasteiger partial charge in [-0.25, -0.2) is 0 Å². The molecule has 0 saturated carbocycles. The number of nitrogens with one attached hydrogen (secondary N) is 1. The van der Waals surface area contributed by atoms with Gasteiger partial charge in [0.05, 0.1) is 5.56 Å². The van der Waals surface area contributed by atoms with Gasteiger partial charge >= 0.3 is 0 Å². The summed E-state index contributed by atoms with van der Waals surface area (Å²) in [5.74, 6) is -1.36. The lowest BCUT2D eigenvalue weighted by Crippen LogP contribution is -2.53. The van der Waals surface area contributed by atoms with Gasteiger partial charge in [-0.2, -0.15) is 0 Å². The lowest BCUT2D eigenvalue weighted by Gasteiger charge is -2.31. The second-order valence-electron chi connectivity index (χ2n) is 4.49. The van der Waals surface area contributed by atoms with Gasteiger partial charge in [-0.3, -0.25) is 29.6 Å². The number of aliphatic hydroxyl groups excluding tert-OH is 1. The molecule has 19 heavy (non-hydrogen) atoms. The number of amides is 3. The van der Waals surface area contributed by atoms with E-state index in [0.717, 1.165) is 4.90 Å². The van der Waals surface area contributed by atoms with Crippen LogP contribution in [0.25, 0.3) is 0 Å². The Bertz CT molecular complexity index is 586. The number of imide groups is 1. The van der Waals surface area contributed by atoms with Gasteiger partial charge in [0.2, 0.25) is 11.8 Å². The predicted molar refractivity (Wildman–Crippen MR) is 61.5 cm³/mol. The maximum Gasteiger partial charge on any atom is 0.258 e. The normalized spacial score (nSPS) is 26.4. The minimum Gasteiger partial charge on any atom is -0.368 e. The molecule has 3 amide bonds. The van der Waals surface area contributed by atoms with Gasteiger partial charge in [0, 0.05) is 12.6 Å². The molecule has 1 saturated heterocycles. The Balaban J connectivity index is 1.94. The Morgan fingerprint density at radius 3 is 2.84 bits per heavy atom. The molecule has 1 aromatic heterocycles. The number of carbonyl (C=O) groups is 3. The van der Waals surface area contributed by atoms with Gasteiger partial charge < -0.3 is 5.11 Å². The van der Waals surface area contributed by atoms with Crippen molar-refractivity contribution in [3.05, 3.63) is 29.6 Å². The Hall–Kier alpha value is -2.28.